The lowest BCUT2D eigenvalue weighted by molar-refractivity contribution is -0.140. The molecule has 0 aliphatic heterocycles. The zero-order valence-corrected chi connectivity index (χ0v) is 23.5. The maximum atomic E-state index is 10.9. The summed E-state index contributed by atoms with van der Waals surface area (Å²) in [7, 11) is 1.43. The van der Waals surface area contributed by atoms with Crippen molar-refractivity contribution in [3.05, 3.63) is 48.6 Å². The number of allylic oxidation sites excluding steroid dienone is 8. The molecular formula is C33H58O2. The van der Waals surface area contributed by atoms with Crippen LogP contribution in [0.25, 0.3) is 0 Å². The molecule has 4 fully saturated rings. The van der Waals surface area contributed by atoms with Crippen molar-refractivity contribution in [1.82, 2.24) is 0 Å². The van der Waals surface area contributed by atoms with Crippen molar-refractivity contribution >= 4 is 5.97 Å². The molecule has 0 saturated heterocycles. The number of carbonyl (C=O) groups excluding carboxylic acids is 1. The Labute approximate surface area is 219 Å². The Morgan fingerprint density at radius 2 is 0.886 bits per heavy atom. The standard InChI is InChI=1S/C21H34O2.4C3H6/c1-3-4-5-6-7-8-9-10-11-12-13-14-15-16-17-18-19-20-21(22)23-2;4*1-2-3-1/h7-8,10-11,13-14,16-17H,3-6,9,12,15,18-20H2,1-2H3;4*1-3H2. The van der Waals surface area contributed by atoms with Crippen molar-refractivity contribution in [2.75, 3.05) is 7.11 Å². The van der Waals surface area contributed by atoms with Gasteiger partial charge in [0.2, 0.25) is 0 Å². The van der Waals surface area contributed by atoms with E-state index in [2.05, 4.69) is 60.3 Å². The highest BCUT2D eigenvalue weighted by atomic mass is 16.5. The summed E-state index contributed by atoms with van der Waals surface area (Å²) >= 11 is 0. The van der Waals surface area contributed by atoms with E-state index in [9.17, 15) is 4.79 Å². The first-order valence-electron chi connectivity index (χ1n) is 15.0. The van der Waals surface area contributed by atoms with Gasteiger partial charge in [0.05, 0.1) is 7.11 Å². The third kappa shape index (κ3) is 54.7. The number of carbonyl (C=O) groups is 1. The van der Waals surface area contributed by atoms with Crippen LogP contribution in [0.1, 0.15) is 148 Å². The Balaban J connectivity index is 0.000000751. The number of methoxy groups -OCH3 is 1. The smallest absolute Gasteiger partial charge is 0.305 e. The maximum absolute atomic E-state index is 10.9. The van der Waals surface area contributed by atoms with Gasteiger partial charge in [-0.05, 0) is 44.9 Å². The molecule has 0 heterocycles. The quantitative estimate of drug-likeness (QED) is 0.139. The summed E-state index contributed by atoms with van der Waals surface area (Å²) < 4.78 is 4.59. The third-order valence-corrected chi connectivity index (χ3v) is 4.85. The molecule has 0 aromatic rings. The fraction of sp³-hybridized carbons (Fsp3) is 0.727. The van der Waals surface area contributed by atoms with Gasteiger partial charge in [-0.15, -0.1) is 0 Å². The Kier molecular flexibility index (Phi) is 29.1. The Hall–Kier alpha value is -1.57. The van der Waals surface area contributed by atoms with Crippen LogP contribution >= 0.6 is 0 Å². The summed E-state index contributed by atoms with van der Waals surface area (Å²) in [5.41, 5.74) is 0. The molecule has 4 aliphatic carbocycles. The first kappa shape index (κ1) is 33.4. The molecule has 0 aromatic carbocycles. The van der Waals surface area contributed by atoms with Crippen LogP contribution in [-0.4, -0.2) is 13.1 Å². The molecule has 2 nitrogen and oxygen atoms in total. The van der Waals surface area contributed by atoms with Crippen molar-refractivity contribution in [2.45, 2.75) is 148 Å². The second kappa shape index (κ2) is 30.5. The molecule has 0 aromatic heterocycles. The van der Waals surface area contributed by atoms with Gasteiger partial charge in [0.15, 0.2) is 0 Å². The molecule has 35 heavy (non-hydrogen) atoms. The van der Waals surface area contributed by atoms with E-state index in [1.54, 1.807) is 0 Å². The largest absolute Gasteiger partial charge is 0.469 e. The Morgan fingerprint density at radius 3 is 1.20 bits per heavy atom. The second-order valence-electron chi connectivity index (χ2n) is 9.80. The summed E-state index contributed by atoms with van der Waals surface area (Å²) in [6.45, 7) is 2.24. The van der Waals surface area contributed by atoms with Crippen LogP contribution in [0.4, 0.5) is 0 Å². The number of hydrogen-bond donors (Lipinski definition) is 0. The predicted octanol–water partition coefficient (Wildman–Crippen LogP) is 11.0. The monoisotopic (exact) mass is 486 g/mol. The zero-order valence-electron chi connectivity index (χ0n) is 23.5. The van der Waals surface area contributed by atoms with Crippen molar-refractivity contribution in [1.29, 1.82) is 0 Å². The summed E-state index contributed by atoms with van der Waals surface area (Å²) in [6, 6.07) is 0. The molecule has 0 amide bonds. The number of hydrogen-bond acceptors (Lipinski definition) is 2. The molecule has 4 aliphatic rings. The third-order valence-electron chi connectivity index (χ3n) is 4.85. The van der Waals surface area contributed by atoms with Gasteiger partial charge >= 0.3 is 5.97 Å². The average molecular weight is 487 g/mol. The van der Waals surface area contributed by atoms with E-state index < -0.39 is 0 Å². The molecule has 0 N–H and O–H groups in total. The number of rotatable bonds is 14. The number of esters is 1. The summed E-state index contributed by atoms with van der Waals surface area (Å²) in [5.74, 6) is -0.124. The van der Waals surface area contributed by atoms with Gasteiger partial charge in [0.1, 0.15) is 0 Å². The molecule has 2 heteroatoms. The van der Waals surface area contributed by atoms with Gasteiger partial charge in [0, 0.05) is 6.42 Å². The van der Waals surface area contributed by atoms with Gasteiger partial charge < -0.3 is 4.74 Å². The van der Waals surface area contributed by atoms with E-state index >= 15 is 0 Å². The van der Waals surface area contributed by atoms with E-state index in [-0.39, 0.29) is 5.97 Å². The minimum atomic E-state index is -0.124. The summed E-state index contributed by atoms with van der Waals surface area (Å²) in [4.78, 5) is 10.9. The molecular weight excluding hydrogens is 428 g/mol. The van der Waals surface area contributed by atoms with Crippen LogP contribution in [0.3, 0.4) is 0 Å². The molecule has 0 radical (unpaired) electrons. The van der Waals surface area contributed by atoms with Crippen molar-refractivity contribution in [2.24, 2.45) is 0 Å². The highest BCUT2D eigenvalue weighted by Gasteiger charge is 1.97. The van der Waals surface area contributed by atoms with Crippen molar-refractivity contribution in [3.8, 4) is 0 Å². The molecule has 202 valence electrons. The van der Waals surface area contributed by atoms with Gasteiger partial charge in [0.25, 0.3) is 0 Å². The van der Waals surface area contributed by atoms with Gasteiger partial charge in [-0.2, -0.15) is 0 Å². The van der Waals surface area contributed by atoms with Gasteiger partial charge in [-0.25, -0.2) is 0 Å². The lowest BCUT2D eigenvalue weighted by atomic mass is 10.2. The Bertz CT molecular complexity index is 498. The predicted molar refractivity (Wildman–Crippen MR) is 156 cm³/mol. The van der Waals surface area contributed by atoms with Crippen LogP contribution in [0, 0.1) is 0 Å². The first-order chi connectivity index (χ1) is 17.3. The minimum Gasteiger partial charge on any atom is -0.469 e. The average Bonchev–Trinajstić information content (AvgIpc) is 3.72. The van der Waals surface area contributed by atoms with Crippen LogP contribution in [-0.2, 0) is 9.53 Å². The summed E-state index contributed by atoms with van der Waals surface area (Å²) in [6.07, 6.45) is 46.1. The van der Waals surface area contributed by atoms with Crippen molar-refractivity contribution < 1.29 is 9.53 Å². The summed E-state index contributed by atoms with van der Waals surface area (Å²) in [5, 5.41) is 0. The molecule has 4 rings (SSSR count). The first-order valence-corrected chi connectivity index (χ1v) is 15.0. The van der Waals surface area contributed by atoms with Crippen LogP contribution < -0.4 is 0 Å². The van der Waals surface area contributed by atoms with Crippen LogP contribution in [0.15, 0.2) is 48.6 Å². The molecule has 0 spiro atoms. The molecule has 0 atom stereocenters. The number of ether oxygens (including phenoxy) is 1. The lowest BCUT2D eigenvalue weighted by Crippen LogP contribution is -1.98. The van der Waals surface area contributed by atoms with E-state index in [0.29, 0.717) is 6.42 Å². The van der Waals surface area contributed by atoms with E-state index in [1.165, 1.54) is 110 Å². The maximum Gasteiger partial charge on any atom is 0.305 e. The fourth-order valence-electron chi connectivity index (χ4n) is 2.03. The van der Waals surface area contributed by atoms with Gasteiger partial charge in [-0.3, -0.25) is 4.79 Å². The van der Waals surface area contributed by atoms with E-state index in [4.69, 9.17) is 0 Å². The fourth-order valence-corrected chi connectivity index (χ4v) is 2.03. The molecule has 4 saturated carbocycles. The lowest BCUT2D eigenvalue weighted by Gasteiger charge is -1.95. The molecule has 0 bridgehead atoms. The highest BCUT2D eigenvalue weighted by molar-refractivity contribution is 5.69. The molecule has 0 unspecified atom stereocenters. The topological polar surface area (TPSA) is 26.3 Å². The highest BCUT2D eigenvalue weighted by Crippen LogP contribution is 2.15. The normalized spacial score (nSPS) is 16.3. The van der Waals surface area contributed by atoms with E-state index in [0.717, 1.165) is 32.1 Å². The minimum absolute atomic E-state index is 0.124. The van der Waals surface area contributed by atoms with E-state index in [1.807, 2.05) is 0 Å². The number of unbranched alkanes of at least 4 members (excludes halogenated alkanes) is 4. The second-order valence-corrected chi connectivity index (χ2v) is 9.80. The van der Waals surface area contributed by atoms with Crippen LogP contribution in [0.2, 0.25) is 0 Å². The van der Waals surface area contributed by atoms with Gasteiger partial charge in [-0.1, -0.05) is 145 Å². The van der Waals surface area contributed by atoms with Crippen molar-refractivity contribution in [3.63, 3.8) is 0 Å². The van der Waals surface area contributed by atoms with Crippen LogP contribution in [0.5, 0.6) is 0 Å². The SMILES string of the molecule is C1CC1.C1CC1.C1CC1.C1CC1.CCCCCC=CCC=CCC=CCC=CCCCC(=O)OC. The zero-order chi connectivity index (χ0) is 25.5. The Morgan fingerprint density at radius 1 is 0.543 bits per heavy atom.